The predicted molar refractivity (Wildman–Crippen MR) is 127 cm³/mol. The van der Waals surface area contributed by atoms with Crippen LogP contribution in [0, 0.1) is 23.5 Å². The monoisotopic (exact) mass is 539 g/mol. The summed E-state index contributed by atoms with van der Waals surface area (Å²) in [4.78, 5) is 8.04. The van der Waals surface area contributed by atoms with Crippen molar-refractivity contribution < 1.29 is 37.3 Å². The largest absolute Gasteiger partial charge is 0.395 e. The number of halogens is 2. The molecule has 0 radical (unpaired) electrons. The van der Waals surface area contributed by atoms with Crippen molar-refractivity contribution in [2.24, 2.45) is 5.14 Å². The Morgan fingerprint density at radius 3 is 2.51 bits per heavy atom. The third-order valence-corrected chi connectivity index (χ3v) is 6.11. The third-order valence-electron chi connectivity index (χ3n) is 5.54. The number of aliphatic hydroxyl groups is 3. The highest BCUT2D eigenvalue weighted by Crippen LogP contribution is 2.34. The van der Waals surface area contributed by atoms with E-state index in [1.165, 1.54) is 10.8 Å². The van der Waals surface area contributed by atoms with E-state index < -0.39 is 58.5 Å². The number of aliphatic hydroxyl groups excluding tert-OH is 3. The molecule has 9 N–H and O–H groups in total. The van der Waals surface area contributed by atoms with E-state index in [0.717, 1.165) is 18.5 Å². The highest BCUT2D eigenvalue weighted by molar-refractivity contribution is 7.87. The van der Waals surface area contributed by atoms with Crippen LogP contribution in [0.3, 0.4) is 0 Å². The highest BCUT2D eigenvalue weighted by atomic mass is 32.2. The Balaban J connectivity index is 1.71. The van der Waals surface area contributed by atoms with Crippen molar-refractivity contribution in [2.75, 3.05) is 30.7 Å². The van der Waals surface area contributed by atoms with Crippen molar-refractivity contribution in [3.05, 3.63) is 47.4 Å². The number of nitrogen functional groups attached to an aromatic ring is 1. The molecule has 2 aromatic heterocycles. The molecule has 1 aromatic carbocycles. The molecule has 1 saturated heterocycles. The van der Waals surface area contributed by atoms with Gasteiger partial charge in [-0.2, -0.15) is 13.1 Å². The minimum absolute atomic E-state index is 0.0157. The molecule has 0 spiro atoms. The van der Waals surface area contributed by atoms with Gasteiger partial charge in [0.15, 0.2) is 6.23 Å². The Morgan fingerprint density at radius 1 is 1.16 bits per heavy atom. The van der Waals surface area contributed by atoms with Gasteiger partial charge in [0.25, 0.3) is 10.2 Å². The van der Waals surface area contributed by atoms with Gasteiger partial charge in [-0.3, -0.25) is 0 Å². The van der Waals surface area contributed by atoms with E-state index in [2.05, 4.69) is 27.1 Å². The van der Waals surface area contributed by atoms with Gasteiger partial charge in [0.1, 0.15) is 47.7 Å². The number of benzene rings is 1. The maximum absolute atomic E-state index is 14.5. The Bertz CT molecular complexity index is 1470. The standard InChI is InChI=1S/C21H23F2N7O6S/c22-13-5-11(26-3-4-31)6-14(23)12(13)2-1-10-8-30(20-16(10)19(24)27-9-28-20)21-18(33)17(32)15(36-21)7-29-37(25,34)35/h5-6,8-9,15,17-18,21,26,29,31-33H,3-4,7H2,(H2,24,27,28)(H2,25,34,35)/t15-,17-,18-,21-/m1/s1. The van der Waals surface area contributed by atoms with Crippen molar-refractivity contribution >= 4 is 32.7 Å². The first-order chi connectivity index (χ1) is 17.5. The Labute approximate surface area is 209 Å². The lowest BCUT2D eigenvalue weighted by Gasteiger charge is -2.17. The normalized spacial score (nSPS) is 21.7. The van der Waals surface area contributed by atoms with E-state index in [9.17, 15) is 27.4 Å². The summed E-state index contributed by atoms with van der Waals surface area (Å²) in [6.07, 6.45) is -2.93. The van der Waals surface area contributed by atoms with Crippen molar-refractivity contribution in [1.29, 1.82) is 0 Å². The molecular weight excluding hydrogens is 516 g/mol. The lowest BCUT2D eigenvalue weighted by molar-refractivity contribution is -0.0327. The molecule has 0 saturated carbocycles. The maximum atomic E-state index is 14.5. The van der Waals surface area contributed by atoms with E-state index in [1.807, 2.05) is 4.72 Å². The molecule has 0 unspecified atom stereocenters. The fourth-order valence-corrected chi connectivity index (χ4v) is 4.24. The van der Waals surface area contributed by atoms with Crippen LogP contribution < -0.4 is 20.9 Å². The van der Waals surface area contributed by atoms with Gasteiger partial charge >= 0.3 is 0 Å². The number of ether oxygens (including phenoxy) is 1. The molecule has 198 valence electrons. The fourth-order valence-electron chi connectivity index (χ4n) is 3.85. The van der Waals surface area contributed by atoms with E-state index >= 15 is 0 Å². The smallest absolute Gasteiger partial charge is 0.274 e. The Morgan fingerprint density at radius 2 is 1.86 bits per heavy atom. The van der Waals surface area contributed by atoms with Crippen LogP contribution in [0.1, 0.15) is 17.4 Å². The topological polar surface area (TPSA) is 211 Å². The fraction of sp³-hybridized carbons (Fsp3) is 0.333. The Hall–Kier alpha value is -3.43. The van der Waals surface area contributed by atoms with Crippen molar-refractivity contribution in [2.45, 2.75) is 24.5 Å². The highest BCUT2D eigenvalue weighted by Gasteiger charge is 2.44. The van der Waals surface area contributed by atoms with E-state index in [-0.39, 0.29) is 41.3 Å². The zero-order valence-corrected chi connectivity index (χ0v) is 19.8. The first-order valence-corrected chi connectivity index (χ1v) is 12.3. The first kappa shape index (κ1) is 26.6. The lowest BCUT2D eigenvalue weighted by atomic mass is 10.1. The zero-order valence-electron chi connectivity index (χ0n) is 19.0. The van der Waals surface area contributed by atoms with E-state index in [4.69, 9.17) is 20.7 Å². The second-order valence-electron chi connectivity index (χ2n) is 8.06. The van der Waals surface area contributed by atoms with Crippen LogP contribution in [0.4, 0.5) is 20.3 Å². The van der Waals surface area contributed by atoms with Gasteiger partial charge in [-0.05, 0) is 12.1 Å². The van der Waals surface area contributed by atoms with Crippen LogP contribution in [0.25, 0.3) is 11.0 Å². The molecular formula is C21H23F2N7O6S. The van der Waals surface area contributed by atoms with E-state index in [1.54, 1.807) is 0 Å². The second-order valence-corrected chi connectivity index (χ2v) is 9.44. The van der Waals surface area contributed by atoms with Crippen LogP contribution in [-0.4, -0.2) is 76.3 Å². The first-order valence-electron chi connectivity index (χ1n) is 10.8. The molecule has 0 aliphatic carbocycles. The summed E-state index contributed by atoms with van der Waals surface area (Å²) < 4.78 is 60.4. The Kier molecular flexibility index (Phi) is 7.57. The average molecular weight is 540 g/mol. The minimum Gasteiger partial charge on any atom is -0.395 e. The molecule has 37 heavy (non-hydrogen) atoms. The number of anilines is 2. The molecule has 3 aromatic rings. The quantitative estimate of drug-likeness (QED) is 0.173. The number of nitrogens with two attached hydrogens (primary N) is 2. The molecule has 1 aliphatic rings. The van der Waals surface area contributed by atoms with Crippen LogP contribution >= 0.6 is 0 Å². The zero-order chi connectivity index (χ0) is 26.9. The number of aromatic nitrogens is 3. The SMILES string of the molecule is Nc1ncnc2c1c(C#Cc1c(F)cc(NCCO)cc1F)cn2[C@@H]1O[C@H](CNS(N)(=O)=O)[C@@H](O)[C@H]1O. The van der Waals surface area contributed by atoms with Crippen LogP contribution in [0.2, 0.25) is 0 Å². The summed E-state index contributed by atoms with van der Waals surface area (Å²) in [5.41, 5.74) is 5.88. The molecule has 1 fully saturated rings. The number of hydrogen-bond donors (Lipinski definition) is 7. The van der Waals surface area contributed by atoms with Crippen LogP contribution in [-0.2, 0) is 14.9 Å². The van der Waals surface area contributed by atoms with E-state index in [0.29, 0.717) is 0 Å². The van der Waals surface area contributed by atoms with Gasteiger partial charge in [-0.15, -0.1) is 0 Å². The second kappa shape index (κ2) is 10.5. The number of rotatable bonds is 7. The van der Waals surface area contributed by atoms with Gasteiger partial charge in [-0.25, -0.2) is 23.9 Å². The summed E-state index contributed by atoms with van der Waals surface area (Å²) in [6, 6.07) is 2.06. The molecule has 13 nitrogen and oxygen atoms in total. The maximum Gasteiger partial charge on any atom is 0.274 e. The lowest BCUT2D eigenvalue weighted by Crippen LogP contribution is -2.42. The number of hydrogen-bond acceptors (Lipinski definition) is 10. The molecule has 4 atom stereocenters. The van der Waals surface area contributed by atoms with Crippen molar-refractivity contribution in [3.63, 3.8) is 0 Å². The molecule has 16 heteroatoms. The van der Waals surface area contributed by atoms with Crippen LogP contribution in [0.5, 0.6) is 0 Å². The number of nitrogens with one attached hydrogen (secondary N) is 2. The van der Waals surface area contributed by atoms with Crippen molar-refractivity contribution in [3.8, 4) is 11.8 Å². The van der Waals surface area contributed by atoms with Gasteiger partial charge in [0.05, 0.1) is 23.1 Å². The molecule has 0 amide bonds. The van der Waals surface area contributed by atoms with Crippen LogP contribution in [0.15, 0.2) is 24.7 Å². The summed E-state index contributed by atoms with van der Waals surface area (Å²) >= 11 is 0. The molecule has 1 aliphatic heterocycles. The van der Waals surface area contributed by atoms with Gasteiger partial charge in [-0.1, -0.05) is 11.8 Å². The average Bonchev–Trinajstić information content (AvgIpc) is 3.33. The van der Waals surface area contributed by atoms with Crippen molar-refractivity contribution in [1.82, 2.24) is 19.3 Å². The summed E-state index contributed by atoms with van der Waals surface area (Å²) in [5, 5.41) is 37.6. The van der Waals surface area contributed by atoms with Gasteiger partial charge in [0, 0.05) is 25.0 Å². The molecule has 4 rings (SSSR count). The van der Waals surface area contributed by atoms with Gasteiger partial charge in [0.2, 0.25) is 0 Å². The summed E-state index contributed by atoms with van der Waals surface area (Å²) in [5.74, 6) is 3.16. The minimum atomic E-state index is -4.08. The number of fused-ring (bicyclic) bond motifs is 1. The van der Waals surface area contributed by atoms with Gasteiger partial charge < -0.3 is 35.7 Å². The molecule has 0 bridgehead atoms. The third kappa shape index (κ3) is 5.62. The summed E-state index contributed by atoms with van der Waals surface area (Å²) in [7, 11) is -4.08. The molecule has 3 heterocycles. The number of nitrogens with zero attached hydrogens (tertiary/aromatic N) is 3. The predicted octanol–water partition coefficient (Wildman–Crippen LogP) is -1.49. The summed E-state index contributed by atoms with van der Waals surface area (Å²) in [6.45, 7) is -0.540.